The molecule has 1 amide bonds. The maximum absolute atomic E-state index is 12.4. The third-order valence-electron chi connectivity index (χ3n) is 7.59. The SMILES string of the molecule is CCCCCCCCCCCCCCCCCCN(CC(C)(COCCCCCCCO)OC)C(=O)OC. The summed E-state index contributed by atoms with van der Waals surface area (Å²) in [6, 6.07) is 0. The standard InChI is InChI=1S/C32H65NO5/c1-5-6-7-8-9-10-11-12-13-14-15-16-17-18-20-23-26-33(31(35)36-3)29-32(2,37-4)30-38-28-25-22-19-21-24-27-34/h34H,5-30H2,1-4H3. The minimum atomic E-state index is -0.555. The Balaban J connectivity index is 3.91. The van der Waals surface area contributed by atoms with E-state index in [1.807, 2.05) is 6.92 Å². The summed E-state index contributed by atoms with van der Waals surface area (Å²) in [5.41, 5.74) is -0.555. The molecule has 6 heteroatoms. The van der Waals surface area contributed by atoms with Crippen molar-refractivity contribution in [2.24, 2.45) is 0 Å². The monoisotopic (exact) mass is 543 g/mol. The second-order valence-electron chi connectivity index (χ2n) is 11.4. The number of amides is 1. The average molecular weight is 544 g/mol. The molecule has 0 aromatic carbocycles. The first-order valence-electron chi connectivity index (χ1n) is 16.1. The molecule has 0 aliphatic heterocycles. The zero-order valence-electron chi connectivity index (χ0n) is 25.9. The number of carbonyl (C=O) groups excluding carboxylic acids is 1. The van der Waals surface area contributed by atoms with E-state index in [1.54, 1.807) is 12.0 Å². The van der Waals surface area contributed by atoms with Crippen molar-refractivity contribution in [1.82, 2.24) is 4.90 Å². The molecule has 0 heterocycles. The molecule has 0 aliphatic rings. The average Bonchev–Trinajstić information content (AvgIpc) is 2.93. The van der Waals surface area contributed by atoms with Gasteiger partial charge in [0.2, 0.25) is 0 Å². The number of hydrogen-bond donors (Lipinski definition) is 1. The van der Waals surface area contributed by atoms with Gasteiger partial charge in [0, 0.05) is 26.9 Å². The lowest BCUT2D eigenvalue weighted by Crippen LogP contribution is -2.48. The van der Waals surface area contributed by atoms with Crippen molar-refractivity contribution >= 4 is 6.09 Å². The number of unbranched alkanes of at least 4 members (excludes halogenated alkanes) is 19. The van der Waals surface area contributed by atoms with Crippen LogP contribution < -0.4 is 0 Å². The molecule has 1 atom stereocenters. The van der Waals surface area contributed by atoms with Gasteiger partial charge in [-0.2, -0.15) is 0 Å². The lowest BCUT2D eigenvalue weighted by Gasteiger charge is -2.33. The summed E-state index contributed by atoms with van der Waals surface area (Å²) in [4.78, 5) is 14.2. The van der Waals surface area contributed by atoms with E-state index in [1.165, 1.54) is 97.0 Å². The lowest BCUT2D eigenvalue weighted by molar-refractivity contribution is -0.0778. The fourth-order valence-electron chi connectivity index (χ4n) is 4.92. The Hall–Kier alpha value is -0.850. The first-order chi connectivity index (χ1) is 18.5. The van der Waals surface area contributed by atoms with E-state index in [9.17, 15) is 4.79 Å². The third-order valence-corrected chi connectivity index (χ3v) is 7.59. The smallest absolute Gasteiger partial charge is 0.409 e. The zero-order valence-corrected chi connectivity index (χ0v) is 25.9. The summed E-state index contributed by atoms with van der Waals surface area (Å²) in [5, 5.41) is 8.85. The highest BCUT2D eigenvalue weighted by Crippen LogP contribution is 2.17. The van der Waals surface area contributed by atoms with E-state index < -0.39 is 5.60 Å². The number of methoxy groups -OCH3 is 2. The van der Waals surface area contributed by atoms with E-state index >= 15 is 0 Å². The summed E-state index contributed by atoms with van der Waals surface area (Å²) in [6.07, 6.45) is 26.3. The minimum absolute atomic E-state index is 0.277. The van der Waals surface area contributed by atoms with Crippen molar-refractivity contribution in [2.45, 2.75) is 154 Å². The molecule has 0 saturated heterocycles. The van der Waals surface area contributed by atoms with Gasteiger partial charge in [-0.1, -0.05) is 122 Å². The van der Waals surface area contributed by atoms with Crippen LogP contribution in [0.25, 0.3) is 0 Å². The summed E-state index contributed by atoms with van der Waals surface area (Å²) in [7, 11) is 3.13. The van der Waals surface area contributed by atoms with Gasteiger partial charge in [0.15, 0.2) is 0 Å². The molecule has 1 unspecified atom stereocenters. The van der Waals surface area contributed by atoms with Crippen LogP contribution in [0.2, 0.25) is 0 Å². The molecule has 38 heavy (non-hydrogen) atoms. The highest BCUT2D eigenvalue weighted by atomic mass is 16.5. The molecule has 0 aromatic rings. The van der Waals surface area contributed by atoms with Gasteiger partial charge in [0.1, 0.15) is 5.60 Å². The number of aliphatic hydroxyl groups is 1. The molecule has 0 spiro atoms. The van der Waals surface area contributed by atoms with Crippen molar-refractivity contribution in [3.63, 3.8) is 0 Å². The predicted octanol–water partition coefficient (Wildman–Crippen LogP) is 8.68. The number of hydrogen-bond acceptors (Lipinski definition) is 5. The Labute approximate surface area is 236 Å². The number of aliphatic hydroxyl groups excluding tert-OH is 1. The van der Waals surface area contributed by atoms with Gasteiger partial charge in [-0.05, 0) is 26.2 Å². The maximum atomic E-state index is 12.4. The van der Waals surface area contributed by atoms with Crippen LogP contribution in [0.15, 0.2) is 0 Å². The summed E-state index contributed by atoms with van der Waals surface area (Å²) in [6.45, 7) is 6.85. The van der Waals surface area contributed by atoms with E-state index in [-0.39, 0.29) is 12.7 Å². The van der Waals surface area contributed by atoms with Crippen LogP contribution in [0.5, 0.6) is 0 Å². The Morgan fingerprint density at radius 1 is 0.684 bits per heavy atom. The van der Waals surface area contributed by atoms with Crippen LogP contribution >= 0.6 is 0 Å². The Morgan fingerprint density at radius 3 is 1.58 bits per heavy atom. The van der Waals surface area contributed by atoms with Gasteiger partial charge in [-0.25, -0.2) is 4.79 Å². The van der Waals surface area contributed by atoms with Crippen molar-refractivity contribution in [2.75, 3.05) is 47.1 Å². The highest BCUT2D eigenvalue weighted by molar-refractivity contribution is 5.67. The second kappa shape index (κ2) is 27.7. The van der Waals surface area contributed by atoms with Crippen LogP contribution in [-0.2, 0) is 14.2 Å². The van der Waals surface area contributed by atoms with Gasteiger partial charge in [0.05, 0.1) is 20.3 Å². The molecular formula is C32H65NO5. The van der Waals surface area contributed by atoms with E-state index in [4.69, 9.17) is 19.3 Å². The molecule has 1 N–H and O–H groups in total. The van der Waals surface area contributed by atoms with E-state index in [0.717, 1.165) is 44.9 Å². The molecule has 0 aliphatic carbocycles. The molecule has 6 nitrogen and oxygen atoms in total. The maximum Gasteiger partial charge on any atom is 0.409 e. The van der Waals surface area contributed by atoms with Gasteiger partial charge in [-0.15, -0.1) is 0 Å². The van der Waals surface area contributed by atoms with Crippen LogP contribution in [0, 0.1) is 0 Å². The first-order valence-corrected chi connectivity index (χ1v) is 16.1. The molecule has 0 aromatic heterocycles. The third kappa shape index (κ3) is 23.1. The van der Waals surface area contributed by atoms with Crippen molar-refractivity contribution in [3.8, 4) is 0 Å². The molecule has 0 bridgehead atoms. The van der Waals surface area contributed by atoms with Crippen LogP contribution in [0.4, 0.5) is 4.79 Å². The predicted molar refractivity (Wildman–Crippen MR) is 160 cm³/mol. The topological polar surface area (TPSA) is 68.2 Å². The fourth-order valence-corrected chi connectivity index (χ4v) is 4.92. The summed E-state index contributed by atoms with van der Waals surface area (Å²) in [5.74, 6) is 0. The van der Waals surface area contributed by atoms with Gasteiger partial charge >= 0.3 is 6.09 Å². The van der Waals surface area contributed by atoms with Crippen molar-refractivity contribution in [1.29, 1.82) is 0 Å². The summed E-state index contributed by atoms with van der Waals surface area (Å²) >= 11 is 0. The quantitative estimate of drug-likeness (QED) is 0.0956. The first kappa shape index (κ1) is 37.1. The zero-order chi connectivity index (χ0) is 28.2. The number of carbonyl (C=O) groups is 1. The second-order valence-corrected chi connectivity index (χ2v) is 11.4. The van der Waals surface area contributed by atoms with Gasteiger partial charge < -0.3 is 24.2 Å². The van der Waals surface area contributed by atoms with E-state index in [2.05, 4.69) is 6.92 Å². The molecule has 0 rings (SSSR count). The lowest BCUT2D eigenvalue weighted by atomic mass is 10.0. The molecular weight excluding hydrogens is 478 g/mol. The Morgan fingerprint density at radius 2 is 1.13 bits per heavy atom. The molecule has 0 fully saturated rings. The fraction of sp³-hybridized carbons (Fsp3) is 0.969. The van der Waals surface area contributed by atoms with Crippen molar-refractivity contribution in [3.05, 3.63) is 0 Å². The normalized spacial score (nSPS) is 13.0. The number of nitrogens with zero attached hydrogens (tertiary/aromatic N) is 1. The molecule has 0 saturated carbocycles. The molecule has 0 radical (unpaired) electrons. The highest BCUT2D eigenvalue weighted by Gasteiger charge is 2.30. The van der Waals surface area contributed by atoms with Gasteiger partial charge in [-0.3, -0.25) is 0 Å². The number of ether oxygens (including phenoxy) is 3. The van der Waals surface area contributed by atoms with Crippen LogP contribution in [0.1, 0.15) is 149 Å². The van der Waals surface area contributed by atoms with Gasteiger partial charge in [0.25, 0.3) is 0 Å². The van der Waals surface area contributed by atoms with Crippen molar-refractivity contribution < 1.29 is 24.1 Å². The minimum Gasteiger partial charge on any atom is -0.453 e. The molecule has 228 valence electrons. The van der Waals surface area contributed by atoms with E-state index in [0.29, 0.717) is 26.3 Å². The van der Waals surface area contributed by atoms with Crippen LogP contribution in [0.3, 0.4) is 0 Å². The Bertz CT molecular complexity index is 504. The van der Waals surface area contributed by atoms with Crippen LogP contribution in [-0.4, -0.2) is 68.8 Å². The summed E-state index contributed by atoms with van der Waals surface area (Å²) < 4.78 is 16.7. The largest absolute Gasteiger partial charge is 0.453 e. The number of rotatable bonds is 29. The Kier molecular flexibility index (Phi) is 27.1.